The maximum atomic E-state index is 14.1. The van der Waals surface area contributed by atoms with Crippen LogP contribution in [0, 0.1) is 19.7 Å². The number of alkyl halides is 3. The second-order valence-corrected chi connectivity index (χ2v) is 10.3. The Hall–Kier alpha value is -4.10. The van der Waals surface area contributed by atoms with Crippen LogP contribution < -0.4 is 27.2 Å². The molecule has 0 atom stereocenters. The summed E-state index contributed by atoms with van der Waals surface area (Å²) >= 11 is 0. The van der Waals surface area contributed by atoms with Crippen molar-refractivity contribution >= 4 is 29.0 Å². The van der Waals surface area contributed by atoms with Crippen molar-refractivity contribution in [2.75, 3.05) is 48.9 Å². The number of hydrogen-bond donors (Lipinski definition) is 3. The number of anilines is 3. The monoisotopic (exact) mass is 590 g/mol. The number of carbonyl (C=O) groups is 1. The molecule has 1 aliphatic rings. The number of likely N-dealkylation sites (N-methyl/N-ethyl adjacent to an activating group) is 1. The molecule has 0 aliphatic carbocycles. The molecule has 3 aromatic rings. The Morgan fingerprint density at radius 1 is 1.12 bits per heavy atom. The minimum absolute atomic E-state index is 0.0910. The Balaban J connectivity index is 0.000000230. The summed E-state index contributed by atoms with van der Waals surface area (Å²) in [5, 5.41) is 5.57. The summed E-state index contributed by atoms with van der Waals surface area (Å²) in [4.78, 5) is 14.6. The average Bonchev–Trinajstić information content (AvgIpc) is 3.58. The highest BCUT2D eigenvalue weighted by molar-refractivity contribution is 5.78. The molecular formula is C29H38F4N8O. The lowest BCUT2D eigenvalue weighted by Crippen LogP contribution is -2.32. The predicted molar refractivity (Wildman–Crippen MR) is 158 cm³/mol. The molecule has 4 rings (SSSR count). The van der Waals surface area contributed by atoms with Gasteiger partial charge in [0.2, 0.25) is 0 Å². The molecule has 2 heterocycles. The van der Waals surface area contributed by atoms with Crippen LogP contribution in [-0.2, 0) is 13.2 Å². The van der Waals surface area contributed by atoms with E-state index in [1.807, 2.05) is 27.0 Å². The number of benzene rings is 2. The minimum Gasteiger partial charge on any atom is -0.399 e. The lowest BCUT2D eigenvalue weighted by Gasteiger charge is -2.25. The molecule has 1 aromatic heterocycles. The molecule has 42 heavy (non-hydrogen) atoms. The number of aromatic nitrogens is 2. The Morgan fingerprint density at radius 3 is 2.36 bits per heavy atom. The van der Waals surface area contributed by atoms with Gasteiger partial charge in [0.25, 0.3) is 0 Å². The van der Waals surface area contributed by atoms with Crippen molar-refractivity contribution in [2.24, 2.45) is 18.6 Å². The Labute approximate surface area is 243 Å². The van der Waals surface area contributed by atoms with Gasteiger partial charge in [-0.1, -0.05) is 12.1 Å². The third kappa shape index (κ3) is 8.01. The standard InChI is InChI=1S/C15H19N5O.C14H19F4N3/c1-10-4-5-12(9-21)6-15(10)20(17)8-14(16)13-7-18-19(3)11(13)2;1-20(6-7-21-4-2-3-5-21)12-9-10(19)8-11(13(12)15)14(16,17)18/h4-9H,16-17H2,1-3H3;8-9H,2-7,19H2,1H3/b14-8-;. The first kappa shape index (κ1) is 32.4. The molecule has 1 saturated heterocycles. The molecule has 228 valence electrons. The number of nitrogens with zero attached hydrogens (tertiary/aromatic N) is 5. The fourth-order valence-electron chi connectivity index (χ4n) is 4.58. The zero-order valence-electron chi connectivity index (χ0n) is 24.2. The van der Waals surface area contributed by atoms with E-state index in [2.05, 4.69) is 10.00 Å². The SMILES string of the molecule is CN(CCN1CCCC1)c1cc(N)cc(C(F)(F)F)c1F.Cc1ccc(C=O)cc1N(N)/C=C(\N)c1cnn(C)c1C. The number of nitrogen functional groups attached to an aromatic ring is 1. The zero-order valence-corrected chi connectivity index (χ0v) is 24.2. The van der Waals surface area contributed by atoms with Gasteiger partial charge in [0.05, 0.1) is 28.8 Å². The molecule has 1 aliphatic heterocycles. The van der Waals surface area contributed by atoms with Crippen molar-refractivity contribution in [2.45, 2.75) is 32.9 Å². The van der Waals surface area contributed by atoms with Crippen molar-refractivity contribution < 1.29 is 22.4 Å². The number of likely N-dealkylation sites (tertiary alicyclic amines) is 1. The van der Waals surface area contributed by atoms with Gasteiger partial charge in [-0.15, -0.1) is 0 Å². The van der Waals surface area contributed by atoms with Crippen LogP contribution >= 0.6 is 0 Å². The van der Waals surface area contributed by atoms with Crippen LogP contribution in [0.5, 0.6) is 0 Å². The first-order valence-electron chi connectivity index (χ1n) is 13.4. The highest BCUT2D eigenvalue weighted by Crippen LogP contribution is 2.36. The summed E-state index contributed by atoms with van der Waals surface area (Å²) in [7, 11) is 3.43. The molecule has 0 radical (unpaired) electrons. The first-order valence-corrected chi connectivity index (χ1v) is 13.4. The van der Waals surface area contributed by atoms with Gasteiger partial charge in [0.1, 0.15) is 6.29 Å². The zero-order chi connectivity index (χ0) is 31.2. The third-order valence-electron chi connectivity index (χ3n) is 7.21. The predicted octanol–water partition coefficient (Wildman–Crippen LogP) is 4.45. The maximum Gasteiger partial charge on any atom is 0.419 e. The van der Waals surface area contributed by atoms with Crippen LogP contribution in [0.4, 0.5) is 34.6 Å². The lowest BCUT2D eigenvalue weighted by atomic mass is 10.1. The molecule has 0 saturated carbocycles. The fourth-order valence-corrected chi connectivity index (χ4v) is 4.58. The van der Waals surface area contributed by atoms with Crippen LogP contribution in [-0.4, -0.2) is 54.2 Å². The summed E-state index contributed by atoms with van der Waals surface area (Å²) in [6, 6.07) is 7.19. The molecule has 2 aromatic carbocycles. The van der Waals surface area contributed by atoms with E-state index in [1.165, 1.54) is 16.0 Å². The van der Waals surface area contributed by atoms with Crippen molar-refractivity contribution in [3.05, 3.63) is 76.5 Å². The van der Waals surface area contributed by atoms with Crippen LogP contribution in [0.25, 0.3) is 5.70 Å². The van der Waals surface area contributed by atoms with Gasteiger partial charge < -0.3 is 21.3 Å². The fraction of sp³-hybridized carbons (Fsp3) is 0.379. The second-order valence-electron chi connectivity index (χ2n) is 10.3. The number of aryl methyl sites for hydroxylation is 2. The van der Waals surface area contributed by atoms with E-state index in [0.717, 1.165) is 54.7 Å². The second kappa shape index (κ2) is 13.7. The van der Waals surface area contributed by atoms with E-state index in [0.29, 0.717) is 30.4 Å². The molecule has 0 spiro atoms. The van der Waals surface area contributed by atoms with E-state index in [4.69, 9.17) is 17.3 Å². The molecule has 1 fully saturated rings. The molecule has 0 bridgehead atoms. The number of hydrogen-bond acceptors (Lipinski definition) is 8. The summed E-state index contributed by atoms with van der Waals surface area (Å²) in [5.74, 6) is 4.79. The Bertz CT molecular complexity index is 1410. The number of nitrogens with two attached hydrogens (primary N) is 3. The highest BCUT2D eigenvalue weighted by atomic mass is 19.4. The quantitative estimate of drug-likeness (QED) is 0.116. The van der Waals surface area contributed by atoms with Crippen molar-refractivity contribution in [1.29, 1.82) is 0 Å². The van der Waals surface area contributed by atoms with Gasteiger partial charge in [0.15, 0.2) is 5.82 Å². The number of hydrazine groups is 1. The molecule has 13 heteroatoms. The van der Waals surface area contributed by atoms with E-state index in [1.54, 1.807) is 36.3 Å². The van der Waals surface area contributed by atoms with Gasteiger partial charge >= 0.3 is 6.18 Å². The Kier molecular flexibility index (Phi) is 10.6. The van der Waals surface area contributed by atoms with Crippen molar-refractivity contribution in [1.82, 2.24) is 14.7 Å². The number of rotatable bonds is 8. The first-order chi connectivity index (χ1) is 19.7. The van der Waals surface area contributed by atoms with E-state index in [-0.39, 0.29) is 11.4 Å². The van der Waals surface area contributed by atoms with Crippen LogP contribution in [0.1, 0.15) is 45.6 Å². The number of aldehydes is 1. The minimum atomic E-state index is -4.75. The molecule has 0 amide bonds. The lowest BCUT2D eigenvalue weighted by molar-refractivity contribution is -0.139. The normalized spacial score (nSPS) is 14.0. The number of halogens is 4. The Morgan fingerprint density at radius 2 is 1.79 bits per heavy atom. The van der Waals surface area contributed by atoms with Gasteiger partial charge in [0, 0.05) is 55.9 Å². The van der Waals surface area contributed by atoms with Crippen LogP contribution in [0.2, 0.25) is 0 Å². The molecule has 6 N–H and O–H groups in total. The van der Waals surface area contributed by atoms with Gasteiger partial charge in [-0.05, 0) is 63.5 Å². The third-order valence-corrected chi connectivity index (χ3v) is 7.21. The summed E-state index contributed by atoms with van der Waals surface area (Å²) in [6.07, 6.45) is 1.63. The van der Waals surface area contributed by atoms with E-state index < -0.39 is 17.6 Å². The van der Waals surface area contributed by atoms with Crippen LogP contribution in [0.15, 0.2) is 42.7 Å². The highest BCUT2D eigenvalue weighted by Gasteiger charge is 2.36. The van der Waals surface area contributed by atoms with Gasteiger partial charge in [-0.3, -0.25) is 14.5 Å². The van der Waals surface area contributed by atoms with Crippen molar-refractivity contribution in [3.8, 4) is 0 Å². The van der Waals surface area contributed by atoms with Gasteiger partial charge in [-0.2, -0.15) is 18.3 Å². The topological polar surface area (TPSA) is 123 Å². The van der Waals surface area contributed by atoms with E-state index >= 15 is 0 Å². The summed E-state index contributed by atoms with van der Waals surface area (Å²) < 4.78 is 54.2. The molecular weight excluding hydrogens is 552 g/mol. The van der Waals surface area contributed by atoms with E-state index in [9.17, 15) is 22.4 Å². The molecule has 0 unspecified atom stereocenters. The average molecular weight is 591 g/mol. The maximum absolute atomic E-state index is 14.1. The number of carbonyl (C=O) groups excluding carboxylic acids is 1. The van der Waals surface area contributed by atoms with Crippen molar-refractivity contribution in [3.63, 3.8) is 0 Å². The summed E-state index contributed by atoms with van der Waals surface area (Å²) in [5.41, 5.74) is 14.6. The van der Waals surface area contributed by atoms with Crippen LogP contribution in [0.3, 0.4) is 0 Å². The smallest absolute Gasteiger partial charge is 0.399 e. The largest absolute Gasteiger partial charge is 0.419 e. The molecule has 9 nitrogen and oxygen atoms in total. The summed E-state index contributed by atoms with van der Waals surface area (Å²) in [6.45, 7) is 6.98. The van der Waals surface area contributed by atoms with Gasteiger partial charge in [-0.25, -0.2) is 10.2 Å².